The maximum atomic E-state index is 5.95. The summed E-state index contributed by atoms with van der Waals surface area (Å²) in [5, 5.41) is 3.60. The van der Waals surface area contributed by atoms with Gasteiger partial charge in [0.1, 0.15) is 0 Å². The number of nitrogens with one attached hydrogen (secondary N) is 1. The lowest BCUT2D eigenvalue weighted by molar-refractivity contribution is 0.0271. The van der Waals surface area contributed by atoms with Gasteiger partial charge in [0, 0.05) is 12.6 Å². The minimum absolute atomic E-state index is 0.422. The van der Waals surface area contributed by atoms with Crippen molar-refractivity contribution in [3.8, 4) is 0 Å². The highest BCUT2D eigenvalue weighted by Gasteiger charge is 2.13. The first-order valence-electron chi connectivity index (χ1n) is 8.18. The second-order valence-electron chi connectivity index (χ2n) is 6.02. The van der Waals surface area contributed by atoms with E-state index in [1.165, 1.54) is 43.2 Å². The molecule has 1 atom stereocenters. The van der Waals surface area contributed by atoms with Gasteiger partial charge in [-0.1, -0.05) is 43.5 Å². The van der Waals surface area contributed by atoms with Gasteiger partial charge in [0.15, 0.2) is 0 Å². The number of rotatable bonds is 7. The third-order valence-corrected chi connectivity index (χ3v) is 4.33. The smallest absolute Gasteiger partial charge is 0.0575 e. The van der Waals surface area contributed by atoms with Crippen molar-refractivity contribution < 1.29 is 4.74 Å². The molecular formula is C18H29NO. The summed E-state index contributed by atoms with van der Waals surface area (Å²) in [4.78, 5) is 0. The van der Waals surface area contributed by atoms with Crippen molar-refractivity contribution in [2.24, 2.45) is 0 Å². The number of hydrogen-bond acceptors (Lipinski definition) is 2. The average Bonchev–Trinajstić information content (AvgIpc) is 2.48. The highest BCUT2D eigenvalue weighted by atomic mass is 16.5. The van der Waals surface area contributed by atoms with E-state index in [0.29, 0.717) is 12.1 Å². The van der Waals surface area contributed by atoms with E-state index in [0.717, 1.165) is 19.6 Å². The second kappa shape index (κ2) is 8.43. The highest BCUT2D eigenvalue weighted by Crippen LogP contribution is 2.20. The molecule has 20 heavy (non-hydrogen) atoms. The van der Waals surface area contributed by atoms with Crippen LogP contribution in [-0.4, -0.2) is 19.3 Å². The van der Waals surface area contributed by atoms with Crippen molar-refractivity contribution in [3.63, 3.8) is 0 Å². The highest BCUT2D eigenvalue weighted by molar-refractivity contribution is 5.28. The molecule has 0 saturated heterocycles. The second-order valence-corrected chi connectivity index (χ2v) is 6.02. The van der Waals surface area contributed by atoms with Gasteiger partial charge in [0.05, 0.1) is 6.10 Å². The standard InChI is InChI=1S/C18H29NO/c1-15-9-6-7-12-18(15)16(2)19-13-8-14-20-17-10-4-3-5-11-17/h6-7,9,12,16-17,19H,3-5,8,10-11,13-14H2,1-2H3. The first-order chi connectivity index (χ1) is 9.77. The summed E-state index contributed by atoms with van der Waals surface area (Å²) in [6, 6.07) is 9.03. The molecule has 0 bridgehead atoms. The van der Waals surface area contributed by atoms with Crippen LogP contribution in [-0.2, 0) is 4.74 Å². The van der Waals surface area contributed by atoms with Crippen LogP contribution in [0.3, 0.4) is 0 Å². The molecule has 2 nitrogen and oxygen atoms in total. The Hall–Kier alpha value is -0.860. The van der Waals surface area contributed by atoms with E-state index in [2.05, 4.69) is 43.4 Å². The van der Waals surface area contributed by atoms with Gasteiger partial charge in [-0.2, -0.15) is 0 Å². The minimum atomic E-state index is 0.422. The topological polar surface area (TPSA) is 21.3 Å². The van der Waals surface area contributed by atoms with E-state index in [4.69, 9.17) is 4.74 Å². The monoisotopic (exact) mass is 275 g/mol. The molecule has 2 heteroatoms. The van der Waals surface area contributed by atoms with Crippen molar-refractivity contribution >= 4 is 0 Å². The molecule has 1 aliphatic rings. The first-order valence-corrected chi connectivity index (χ1v) is 8.18. The average molecular weight is 275 g/mol. The lowest BCUT2D eigenvalue weighted by Crippen LogP contribution is -2.23. The number of benzene rings is 1. The fourth-order valence-electron chi connectivity index (χ4n) is 3.06. The molecule has 0 heterocycles. The van der Waals surface area contributed by atoms with Crippen molar-refractivity contribution in [2.45, 2.75) is 64.5 Å². The lowest BCUT2D eigenvalue weighted by atomic mass is 9.98. The predicted octanol–water partition coefficient (Wildman–Crippen LogP) is 4.39. The zero-order valence-corrected chi connectivity index (χ0v) is 13.0. The Kier molecular flexibility index (Phi) is 6.55. The summed E-state index contributed by atoms with van der Waals surface area (Å²) >= 11 is 0. The summed E-state index contributed by atoms with van der Waals surface area (Å²) in [5.41, 5.74) is 2.77. The SMILES string of the molecule is Cc1ccccc1C(C)NCCCOC1CCCCC1. The molecule has 0 radical (unpaired) electrons. The number of aryl methyl sites for hydroxylation is 1. The van der Waals surface area contributed by atoms with Gasteiger partial charge < -0.3 is 10.1 Å². The number of ether oxygens (including phenoxy) is 1. The Morgan fingerprint density at radius 1 is 1.20 bits per heavy atom. The molecule has 0 amide bonds. The molecule has 1 saturated carbocycles. The maximum absolute atomic E-state index is 5.95. The van der Waals surface area contributed by atoms with E-state index < -0.39 is 0 Å². The van der Waals surface area contributed by atoms with E-state index in [9.17, 15) is 0 Å². The normalized spacial score (nSPS) is 18.1. The Labute approximate surface area is 123 Å². The van der Waals surface area contributed by atoms with Crippen LogP contribution in [0, 0.1) is 6.92 Å². The summed E-state index contributed by atoms with van der Waals surface area (Å²) in [7, 11) is 0. The van der Waals surface area contributed by atoms with Crippen molar-refractivity contribution in [1.82, 2.24) is 5.32 Å². The molecule has 2 rings (SSSR count). The van der Waals surface area contributed by atoms with Crippen LogP contribution in [0.5, 0.6) is 0 Å². The van der Waals surface area contributed by atoms with Crippen LogP contribution in [0.15, 0.2) is 24.3 Å². The maximum Gasteiger partial charge on any atom is 0.0575 e. The van der Waals surface area contributed by atoms with Crippen LogP contribution in [0.4, 0.5) is 0 Å². The largest absolute Gasteiger partial charge is 0.378 e. The lowest BCUT2D eigenvalue weighted by Gasteiger charge is -2.22. The summed E-state index contributed by atoms with van der Waals surface area (Å²) < 4.78 is 5.95. The van der Waals surface area contributed by atoms with Crippen LogP contribution < -0.4 is 5.32 Å². The van der Waals surface area contributed by atoms with Gasteiger partial charge in [-0.05, 0) is 50.8 Å². The molecule has 1 aliphatic carbocycles. The van der Waals surface area contributed by atoms with E-state index in [1.54, 1.807) is 0 Å². The molecule has 1 unspecified atom stereocenters. The number of hydrogen-bond donors (Lipinski definition) is 1. The summed E-state index contributed by atoms with van der Waals surface area (Å²) in [5.74, 6) is 0. The van der Waals surface area contributed by atoms with Crippen LogP contribution >= 0.6 is 0 Å². The zero-order valence-electron chi connectivity index (χ0n) is 13.0. The van der Waals surface area contributed by atoms with E-state index in [-0.39, 0.29) is 0 Å². The van der Waals surface area contributed by atoms with Crippen molar-refractivity contribution in [1.29, 1.82) is 0 Å². The first kappa shape index (κ1) is 15.5. The molecule has 112 valence electrons. The fourth-order valence-corrected chi connectivity index (χ4v) is 3.06. The Morgan fingerprint density at radius 3 is 2.70 bits per heavy atom. The van der Waals surface area contributed by atoms with Gasteiger partial charge >= 0.3 is 0 Å². The minimum Gasteiger partial charge on any atom is -0.378 e. The summed E-state index contributed by atoms with van der Waals surface area (Å²) in [6.07, 6.45) is 8.29. The fraction of sp³-hybridized carbons (Fsp3) is 0.667. The Balaban J connectivity index is 1.60. The molecule has 1 fully saturated rings. The third kappa shape index (κ3) is 4.92. The quantitative estimate of drug-likeness (QED) is 0.745. The Morgan fingerprint density at radius 2 is 1.95 bits per heavy atom. The van der Waals surface area contributed by atoms with Crippen LogP contribution in [0.25, 0.3) is 0 Å². The zero-order chi connectivity index (χ0) is 14.2. The van der Waals surface area contributed by atoms with Gasteiger partial charge in [-0.3, -0.25) is 0 Å². The van der Waals surface area contributed by atoms with Crippen molar-refractivity contribution in [3.05, 3.63) is 35.4 Å². The molecule has 1 aromatic rings. The molecule has 1 aromatic carbocycles. The van der Waals surface area contributed by atoms with Crippen LogP contribution in [0.1, 0.15) is 62.6 Å². The predicted molar refractivity (Wildman–Crippen MR) is 85.0 cm³/mol. The van der Waals surface area contributed by atoms with Gasteiger partial charge in [-0.15, -0.1) is 0 Å². The van der Waals surface area contributed by atoms with Crippen molar-refractivity contribution in [2.75, 3.05) is 13.2 Å². The third-order valence-electron chi connectivity index (χ3n) is 4.33. The Bertz CT molecular complexity index is 385. The molecule has 0 aliphatic heterocycles. The molecule has 1 N–H and O–H groups in total. The molecule has 0 spiro atoms. The van der Waals surface area contributed by atoms with E-state index in [1.807, 2.05) is 0 Å². The van der Waals surface area contributed by atoms with Gasteiger partial charge in [0.25, 0.3) is 0 Å². The summed E-state index contributed by atoms with van der Waals surface area (Å²) in [6.45, 7) is 6.35. The molecular weight excluding hydrogens is 246 g/mol. The van der Waals surface area contributed by atoms with Crippen LogP contribution in [0.2, 0.25) is 0 Å². The van der Waals surface area contributed by atoms with Gasteiger partial charge in [-0.25, -0.2) is 0 Å². The molecule has 0 aromatic heterocycles. The van der Waals surface area contributed by atoms with Gasteiger partial charge in [0.2, 0.25) is 0 Å². The van der Waals surface area contributed by atoms with E-state index >= 15 is 0 Å².